The van der Waals surface area contributed by atoms with Crippen LogP contribution in [0.25, 0.3) is 10.9 Å². The maximum atomic E-state index is 12.5. The molecule has 0 atom stereocenters. The topological polar surface area (TPSA) is 117 Å². The van der Waals surface area contributed by atoms with Gasteiger partial charge in [-0.2, -0.15) is 0 Å². The van der Waals surface area contributed by atoms with Crippen molar-refractivity contribution in [3.05, 3.63) is 68.5 Å². The highest BCUT2D eigenvalue weighted by Crippen LogP contribution is 2.16. The molecule has 26 heavy (non-hydrogen) atoms. The number of hydrogen-bond donors (Lipinski definition) is 0. The number of carbonyl (C=O) groups excluding carboxylic acids is 1. The lowest BCUT2D eigenvalue weighted by atomic mass is 10.2. The van der Waals surface area contributed by atoms with Gasteiger partial charge in [0.05, 0.1) is 23.6 Å². The predicted octanol–water partition coefficient (Wildman–Crippen LogP) is 2.45. The lowest BCUT2D eigenvalue weighted by Crippen LogP contribution is -2.24. The molecule has 0 N–H and O–H groups in total. The van der Waals surface area contributed by atoms with Gasteiger partial charge in [-0.05, 0) is 31.5 Å². The van der Waals surface area contributed by atoms with Crippen LogP contribution in [-0.2, 0) is 11.3 Å². The van der Waals surface area contributed by atoms with Gasteiger partial charge in [-0.1, -0.05) is 12.1 Å². The van der Waals surface area contributed by atoms with Crippen LogP contribution in [0.3, 0.4) is 0 Å². The van der Waals surface area contributed by atoms with Crippen molar-refractivity contribution in [2.75, 3.05) is 6.61 Å². The first-order chi connectivity index (χ1) is 12.5. The van der Waals surface area contributed by atoms with E-state index in [-0.39, 0.29) is 17.9 Å². The number of aryl methyl sites for hydroxylation is 1. The van der Waals surface area contributed by atoms with Gasteiger partial charge in [0.15, 0.2) is 0 Å². The number of benzene rings is 1. The van der Waals surface area contributed by atoms with Crippen molar-refractivity contribution in [2.45, 2.75) is 19.9 Å². The molecule has 2 aromatic heterocycles. The molecule has 3 rings (SSSR count). The molecule has 0 spiro atoms. The van der Waals surface area contributed by atoms with Gasteiger partial charge in [0.25, 0.3) is 5.56 Å². The summed E-state index contributed by atoms with van der Waals surface area (Å²) in [6, 6.07) is 9.35. The van der Waals surface area contributed by atoms with Crippen molar-refractivity contribution < 1.29 is 18.9 Å². The first-order valence-electron chi connectivity index (χ1n) is 7.85. The molecule has 9 heteroatoms. The molecule has 3 aromatic rings. The molecule has 2 heterocycles. The van der Waals surface area contributed by atoms with Gasteiger partial charge in [0.1, 0.15) is 10.7 Å². The van der Waals surface area contributed by atoms with E-state index in [1.165, 1.54) is 10.6 Å². The molecular weight excluding hydrogens is 342 g/mol. The molecule has 0 fully saturated rings. The minimum atomic E-state index is -0.793. The molecule has 0 radical (unpaired) electrons. The second-order valence-electron chi connectivity index (χ2n) is 5.52. The minimum absolute atomic E-state index is 0.0338. The number of fused-ring (bicyclic) bond motifs is 1. The summed E-state index contributed by atoms with van der Waals surface area (Å²) in [5, 5.41) is 11.1. The Morgan fingerprint density at radius 3 is 2.81 bits per heavy atom. The van der Waals surface area contributed by atoms with Crippen molar-refractivity contribution in [1.82, 2.24) is 9.55 Å². The Bertz CT molecular complexity index is 1040. The summed E-state index contributed by atoms with van der Waals surface area (Å²) in [6.45, 7) is 2.10. The first-order valence-corrected chi connectivity index (χ1v) is 7.85. The van der Waals surface area contributed by atoms with Crippen molar-refractivity contribution in [3.63, 3.8) is 0 Å². The molecule has 0 bridgehead atoms. The number of rotatable bonds is 6. The zero-order valence-corrected chi connectivity index (χ0v) is 13.9. The summed E-state index contributed by atoms with van der Waals surface area (Å²) >= 11 is 0. The first kappa shape index (κ1) is 17.3. The fourth-order valence-corrected chi connectivity index (χ4v) is 2.54. The Hall–Kier alpha value is -3.49. The summed E-state index contributed by atoms with van der Waals surface area (Å²) in [5.74, 6) is -0.987. The van der Waals surface area contributed by atoms with E-state index < -0.39 is 16.8 Å². The molecule has 0 aliphatic heterocycles. The van der Waals surface area contributed by atoms with Crippen LogP contribution in [0.5, 0.6) is 0 Å². The summed E-state index contributed by atoms with van der Waals surface area (Å²) in [5.41, 5.74) is 0.484. The Morgan fingerprint density at radius 2 is 2.08 bits per heavy atom. The molecule has 0 aliphatic rings. The van der Waals surface area contributed by atoms with Gasteiger partial charge >= 0.3 is 11.9 Å². The largest absolute Gasteiger partial charge is 0.460 e. The highest BCUT2D eigenvalue weighted by molar-refractivity contribution is 5.86. The normalized spacial score (nSPS) is 10.8. The molecule has 0 amide bonds. The van der Waals surface area contributed by atoms with Gasteiger partial charge < -0.3 is 9.15 Å². The number of nitro groups is 1. The van der Waals surface area contributed by atoms with Crippen LogP contribution in [0, 0.1) is 17.0 Å². The lowest BCUT2D eigenvalue weighted by molar-refractivity contribution is -0.402. The molecule has 0 saturated heterocycles. The van der Waals surface area contributed by atoms with Crippen molar-refractivity contribution in [3.8, 4) is 0 Å². The van der Waals surface area contributed by atoms with Crippen molar-refractivity contribution in [2.24, 2.45) is 0 Å². The maximum Gasteiger partial charge on any atom is 0.433 e. The molecule has 0 aliphatic carbocycles. The standard InChI is InChI=1S/C17H15N3O6/c1-11-18-13-6-3-2-5-12(13)16(21)19(11)9-4-10-25-17(22)14-7-8-15(26-14)20(23)24/h2-3,5-8H,4,9-10H2,1H3. The minimum Gasteiger partial charge on any atom is -0.460 e. The van der Waals surface area contributed by atoms with E-state index >= 15 is 0 Å². The third-order valence-electron chi connectivity index (χ3n) is 3.78. The average Bonchev–Trinajstić information content (AvgIpc) is 3.11. The number of aromatic nitrogens is 2. The molecule has 0 saturated carbocycles. The maximum absolute atomic E-state index is 12.5. The van der Waals surface area contributed by atoms with Crippen LogP contribution < -0.4 is 5.56 Å². The summed E-state index contributed by atoms with van der Waals surface area (Å²) < 4.78 is 11.3. The van der Waals surface area contributed by atoms with Gasteiger partial charge in [-0.15, -0.1) is 0 Å². The SMILES string of the molecule is Cc1nc2ccccc2c(=O)n1CCCOC(=O)c1ccc([N+](=O)[O-])o1. The Kier molecular flexibility index (Phi) is 4.78. The molecule has 134 valence electrons. The zero-order valence-electron chi connectivity index (χ0n) is 13.9. The number of nitrogens with zero attached hydrogens (tertiary/aromatic N) is 3. The summed E-state index contributed by atoms with van der Waals surface area (Å²) in [6.07, 6.45) is 0.384. The molecule has 9 nitrogen and oxygen atoms in total. The quantitative estimate of drug-likeness (QED) is 0.288. The fourth-order valence-electron chi connectivity index (χ4n) is 2.54. The monoisotopic (exact) mass is 357 g/mol. The van der Waals surface area contributed by atoms with Gasteiger partial charge in [-0.3, -0.25) is 19.5 Å². The smallest absolute Gasteiger partial charge is 0.433 e. The number of carbonyl (C=O) groups is 1. The van der Waals surface area contributed by atoms with E-state index in [2.05, 4.69) is 4.98 Å². The van der Waals surface area contributed by atoms with E-state index in [0.717, 1.165) is 6.07 Å². The molecule has 1 aromatic carbocycles. The van der Waals surface area contributed by atoms with Gasteiger partial charge in [0, 0.05) is 6.54 Å². The second-order valence-corrected chi connectivity index (χ2v) is 5.52. The number of ether oxygens (including phenoxy) is 1. The number of hydrogen-bond acceptors (Lipinski definition) is 7. The van der Waals surface area contributed by atoms with E-state index in [0.29, 0.717) is 29.7 Å². The van der Waals surface area contributed by atoms with E-state index in [1.54, 1.807) is 25.1 Å². The number of para-hydroxylation sites is 1. The second kappa shape index (κ2) is 7.18. The van der Waals surface area contributed by atoms with E-state index in [9.17, 15) is 19.7 Å². The summed E-state index contributed by atoms with van der Waals surface area (Å²) in [7, 11) is 0. The third kappa shape index (κ3) is 3.46. The van der Waals surface area contributed by atoms with Crippen LogP contribution in [0.4, 0.5) is 5.88 Å². The molecular formula is C17H15N3O6. The van der Waals surface area contributed by atoms with Gasteiger partial charge in [-0.25, -0.2) is 9.78 Å². The van der Waals surface area contributed by atoms with Crippen molar-refractivity contribution >= 4 is 22.8 Å². The van der Waals surface area contributed by atoms with Crippen molar-refractivity contribution in [1.29, 1.82) is 0 Å². The number of furan rings is 1. The highest BCUT2D eigenvalue weighted by Gasteiger charge is 2.18. The zero-order chi connectivity index (χ0) is 18.7. The van der Waals surface area contributed by atoms with Crippen LogP contribution in [0.2, 0.25) is 0 Å². The average molecular weight is 357 g/mol. The Morgan fingerprint density at radius 1 is 1.31 bits per heavy atom. The fraction of sp³-hybridized carbons (Fsp3) is 0.235. The van der Waals surface area contributed by atoms with Crippen LogP contribution >= 0.6 is 0 Å². The van der Waals surface area contributed by atoms with Crippen LogP contribution in [-0.4, -0.2) is 27.1 Å². The van der Waals surface area contributed by atoms with Gasteiger partial charge in [0.2, 0.25) is 5.76 Å². The van der Waals surface area contributed by atoms with Crippen LogP contribution in [0.15, 0.2) is 45.6 Å². The summed E-state index contributed by atoms with van der Waals surface area (Å²) in [4.78, 5) is 38.5. The van der Waals surface area contributed by atoms with Crippen LogP contribution in [0.1, 0.15) is 22.8 Å². The molecule has 0 unspecified atom stereocenters. The Labute approximate surface area is 147 Å². The lowest BCUT2D eigenvalue weighted by Gasteiger charge is -2.10. The van der Waals surface area contributed by atoms with E-state index in [1.807, 2.05) is 6.07 Å². The predicted molar refractivity (Wildman–Crippen MR) is 91.0 cm³/mol. The highest BCUT2D eigenvalue weighted by atomic mass is 16.7. The van der Waals surface area contributed by atoms with E-state index in [4.69, 9.17) is 9.15 Å². The third-order valence-corrected chi connectivity index (χ3v) is 3.78. The Balaban J connectivity index is 1.61. The number of esters is 1.